The van der Waals surface area contributed by atoms with Crippen LogP contribution in [0, 0.1) is 13.8 Å². The molecule has 116 valence electrons. The Morgan fingerprint density at radius 3 is 2.48 bits per heavy atom. The first-order valence-corrected chi connectivity index (χ1v) is 7.96. The van der Waals surface area contributed by atoms with Crippen LogP contribution in [0.3, 0.4) is 0 Å². The van der Waals surface area contributed by atoms with Crippen molar-refractivity contribution in [1.29, 1.82) is 0 Å². The van der Waals surface area contributed by atoms with Crippen LogP contribution in [0.25, 0.3) is 11.3 Å². The molecule has 0 bridgehead atoms. The van der Waals surface area contributed by atoms with E-state index < -0.39 is 0 Å². The third-order valence-electron chi connectivity index (χ3n) is 3.48. The predicted octanol–water partition coefficient (Wildman–Crippen LogP) is 3.66. The molecule has 0 radical (unpaired) electrons. The number of anilines is 2. The third kappa shape index (κ3) is 3.22. The molecule has 3 aromatic rings. The van der Waals surface area contributed by atoms with E-state index in [9.17, 15) is 4.79 Å². The van der Waals surface area contributed by atoms with Gasteiger partial charge in [-0.3, -0.25) is 15.1 Å². The fourth-order valence-corrected chi connectivity index (χ4v) is 3.22. The van der Waals surface area contributed by atoms with Gasteiger partial charge in [0.1, 0.15) is 0 Å². The highest BCUT2D eigenvalue weighted by molar-refractivity contribution is 7.14. The summed E-state index contributed by atoms with van der Waals surface area (Å²) < 4.78 is 0. The third-order valence-corrected chi connectivity index (χ3v) is 4.24. The minimum Gasteiger partial charge on any atom is -0.399 e. The summed E-state index contributed by atoms with van der Waals surface area (Å²) in [7, 11) is 0. The molecule has 3 rings (SSSR count). The van der Waals surface area contributed by atoms with Crippen molar-refractivity contribution in [3.8, 4) is 11.3 Å². The quantitative estimate of drug-likeness (QED) is 0.721. The minimum absolute atomic E-state index is 0.195. The van der Waals surface area contributed by atoms with E-state index in [1.807, 2.05) is 31.4 Å². The lowest BCUT2D eigenvalue weighted by Gasteiger charge is -2.08. The summed E-state index contributed by atoms with van der Waals surface area (Å²) in [5.41, 5.74) is 11.2. The number of nitrogens with zero attached hydrogens (tertiary/aromatic N) is 2. The van der Waals surface area contributed by atoms with Crippen LogP contribution in [-0.4, -0.2) is 15.9 Å². The summed E-state index contributed by atoms with van der Waals surface area (Å²) in [6, 6.07) is 7.18. The topological polar surface area (TPSA) is 80.9 Å². The number of nitrogens with two attached hydrogens (primary N) is 1. The van der Waals surface area contributed by atoms with Crippen molar-refractivity contribution >= 4 is 28.1 Å². The molecule has 6 heteroatoms. The molecule has 1 amide bonds. The lowest BCUT2D eigenvalue weighted by atomic mass is 10.00. The monoisotopic (exact) mass is 324 g/mol. The van der Waals surface area contributed by atoms with E-state index in [2.05, 4.69) is 15.3 Å². The molecule has 0 saturated heterocycles. The number of amides is 1. The fraction of sp³-hybridized carbons (Fsp3) is 0.118. The van der Waals surface area contributed by atoms with Crippen LogP contribution in [0.15, 0.2) is 42.0 Å². The molecule has 0 atom stereocenters. The Bertz CT molecular complexity index is 835. The zero-order chi connectivity index (χ0) is 16.4. The van der Waals surface area contributed by atoms with Crippen LogP contribution in [0.2, 0.25) is 0 Å². The Labute approximate surface area is 138 Å². The van der Waals surface area contributed by atoms with Gasteiger partial charge in [-0.2, -0.15) is 0 Å². The highest BCUT2D eigenvalue weighted by Gasteiger charge is 2.13. The molecule has 2 heterocycles. The average Bonchev–Trinajstić information content (AvgIpc) is 2.95. The van der Waals surface area contributed by atoms with Gasteiger partial charge in [-0.1, -0.05) is 0 Å². The zero-order valence-electron chi connectivity index (χ0n) is 12.8. The molecule has 0 unspecified atom stereocenters. The Hall–Kier alpha value is -2.73. The number of carbonyl (C=O) groups excluding carboxylic acids is 1. The number of benzene rings is 1. The van der Waals surface area contributed by atoms with Gasteiger partial charge in [0.25, 0.3) is 5.91 Å². The van der Waals surface area contributed by atoms with Gasteiger partial charge in [-0.15, -0.1) is 11.3 Å². The van der Waals surface area contributed by atoms with E-state index in [0.29, 0.717) is 10.7 Å². The van der Waals surface area contributed by atoms with Gasteiger partial charge < -0.3 is 5.73 Å². The van der Waals surface area contributed by atoms with Crippen molar-refractivity contribution in [3.05, 3.63) is 58.7 Å². The van der Waals surface area contributed by atoms with Crippen LogP contribution in [-0.2, 0) is 0 Å². The van der Waals surface area contributed by atoms with Crippen LogP contribution in [0.4, 0.5) is 10.8 Å². The van der Waals surface area contributed by atoms with Crippen molar-refractivity contribution < 1.29 is 4.79 Å². The summed E-state index contributed by atoms with van der Waals surface area (Å²) >= 11 is 1.40. The first-order valence-electron chi connectivity index (χ1n) is 7.08. The molecular weight excluding hydrogens is 308 g/mol. The van der Waals surface area contributed by atoms with Crippen LogP contribution in [0.1, 0.15) is 21.5 Å². The number of nitrogen functional groups attached to an aromatic ring is 1. The Morgan fingerprint density at radius 2 is 1.83 bits per heavy atom. The van der Waals surface area contributed by atoms with E-state index in [1.54, 1.807) is 24.5 Å². The van der Waals surface area contributed by atoms with Crippen LogP contribution < -0.4 is 11.1 Å². The van der Waals surface area contributed by atoms with Gasteiger partial charge in [-0.25, -0.2) is 4.98 Å². The van der Waals surface area contributed by atoms with Gasteiger partial charge in [0, 0.05) is 34.6 Å². The molecule has 0 aliphatic heterocycles. The number of thiazole rings is 1. The lowest BCUT2D eigenvalue weighted by molar-refractivity contribution is 0.102. The Kier molecular flexibility index (Phi) is 4.08. The first kappa shape index (κ1) is 15.2. The van der Waals surface area contributed by atoms with Gasteiger partial charge >= 0.3 is 0 Å². The van der Waals surface area contributed by atoms with E-state index >= 15 is 0 Å². The summed E-state index contributed by atoms with van der Waals surface area (Å²) in [5.74, 6) is -0.195. The van der Waals surface area contributed by atoms with Gasteiger partial charge in [0.05, 0.1) is 5.69 Å². The molecular formula is C17H16N4OS. The van der Waals surface area contributed by atoms with E-state index in [-0.39, 0.29) is 5.91 Å². The second kappa shape index (κ2) is 6.18. The Balaban J connectivity index is 1.86. The highest BCUT2D eigenvalue weighted by atomic mass is 32.1. The molecule has 0 fully saturated rings. The maximum absolute atomic E-state index is 12.1. The summed E-state index contributed by atoms with van der Waals surface area (Å²) in [6.07, 6.45) is 3.17. The zero-order valence-corrected chi connectivity index (χ0v) is 13.6. The van der Waals surface area contributed by atoms with Gasteiger partial charge in [0.15, 0.2) is 5.13 Å². The molecule has 2 aromatic heterocycles. The molecule has 0 spiro atoms. The predicted molar refractivity (Wildman–Crippen MR) is 93.6 cm³/mol. The lowest BCUT2D eigenvalue weighted by Crippen LogP contribution is -2.11. The molecule has 0 aliphatic rings. The summed E-state index contributed by atoms with van der Waals surface area (Å²) in [5, 5.41) is 5.32. The Morgan fingerprint density at radius 1 is 1.17 bits per heavy atom. The maximum atomic E-state index is 12.1. The van der Waals surface area contributed by atoms with Gasteiger partial charge in [-0.05, 0) is 49.2 Å². The van der Waals surface area contributed by atoms with Crippen molar-refractivity contribution in [1.82, 2.24) is 9.97 Å². The van der Waals surface area contributed by atoms with Crippen molar-refractivity contribution in [3.63, 3.8) is 0 Å². The largest absolute Gasteiger partial charge is 0.399 e. The van der Waals surface area contributed by atoms with Gasteiger partial charge in [0.2, 0.25) is 0 Å². The number of pyridine rings is 1. The van der Waals surface area contributed by atoms with Crippen molar-refractivity contribution in [2.75, 3.05) is 11.1 Å². The van der Waals surface area contributed by atoms with Crippen molar-refractivity contribution in [2.24, 2.45) is 0 Å². The fourth-order valence-electron chi connectivity index (χ4n) is 2.52. The second-order valence-electron chi connectivity index (χ2n) is 5.26. The normalized spacial score (nSPS) is 10.5. The first-order chi connectivity index (χ1) is 11.0. The smallest absolute Gasteiger partial charge is 0.257 e. The molecule has 5 nitrogen and oxygen atoms in total. The molecule has 23 heavy (non-hydrogen) atoms. The van der Waals surface area contributed by atoms with Crippen LogP contribution in [0.5, 0.6) is 0 Å². The number of hydrogen-bond acceptors (Lipinski definition) is 5. The molecule has 0 aliphatic carbocycles. The van der Waals surface area contributed by atoms with Crippen LogP contribution >= 0.6 is 11.3 Å². The SMILES string of the molecule is Cc1cc(N)cc(C)c1-c1csc(NC(=O)c2ccncc2)n1. The van der Waals surface area contributed by atoms with E-state index in [1.165, 1.54) is 11.3 Å². The average molecular weight is 324 g/mol. The number of aryl methyl sites for hydroxylation is 2. The summed E-state index contributed by atoms with van der Waals surface area (Å²) in [6.45, 7) is 4.01. The van der Waals surface area contributed by atoms with E-state index in [4.69, 9.17) is 5.73 Å². The molecule has 3 N–H and O–H groups in total. The highest BCUT2D eigenvalue weighted by Crippen LogP contribution is 2.31. The number of carbonyl (C=O) groups is 1. The number of hydrogen-bond donors (Lipinski definition) is 2. The maximum Gasteiger partial charge on any atom is 0.257 e. The van der Waals surface area contributed by atoms with E-state index in [0.717, 1.165) is 28.1 Å². The number of aromatic nitrogens is 2. The van der Waals surface area contributed by atoms with Crippen molar-refractivity contribution in [2.45, 2.75) is 13.8 Å². The standard InChI is InChI=1S/C17H16N4OS/c1-10-7-13(18)8-11(2)15(10)14-9-23-17(20-14)21-16(22)12-3-5-19-6-4-12/h3-9H,18H2,1-2H3,(H,20,21,22). The number of rotatable bonds is 3. The summed E-state index contributed by atoms with van der Waals surface area (Å²) in [4.78, 5) is 20.6. The molecule has 0 saturated carbocycles. The molecule has 1 aromatic carbocycles. The minimum atomic E-state index is -0.195. The number of nitrogens with one attached hydrogen (secondary N) is 1. The second-order valence-corrected chi connectivity index (χ2v) is 6.12.